The minimum absolute atomic E-state index is 0.00689. The molecule has 3 heteroatoms. The molecule has 0 spiro atoms. The van der Waals surface area contributed by atoms with Crippen LogP contribution in [0.3, 0.4) is 0 Å². The number of hydrogen-bond acceptors (Lipinski definition) is 2. The third kappa shape index (κ3) is 1.92. The Labute approximate surface area is 145 Å². The fourth-order valence-electron chi connectivity index (χ4n) is 4.28. The Morgan fingerprint density at radius 1 is 0.680 bits per heavy atom. The van der Waals surface area contributed by atoms with Crippen LogP contribution in [0, 0.1) is 0 Å². The highest BCUT2D eigenvalue weighted by molar-refractivity contribution is 5.88. The smallest absolute Gasteiger partial charge is 0.195 e. The standard InChI is InChI=1S/C22H17NO2/c24-21-19-15-11-12-16(20(19)22(25)23-21)18(15)17(13-7-3-1-4-8-13)14-9-5-2-6-10-14/h1-12,15-16,23-25H. The molecule has 1 aromatic heterocycles. The van der Waals surface area contributed by atoms with Gasteiger partial charge in [0.25, 0.3) is 0 Å². The fraction of sp³-hybridized carbons (Fsp3) is 0.0909. The molecule has 2 aliphatic rings. The minimum atomic E-state index is -0.00689. The van der Waals surface area contributed by atoms with E-state index in [-0.39, 0.29) is 23.6 Å². The zero-order valence-corrected chi connectivity index (χ0v) is 13.5. The Balaban J connectivity index is 1.80. The third-order valence-electron chi connectivity index (χ3n) is 5.24. The van der Waals surface area contributed by atoms with Crippen LogP contribution in [0.5, 0.6) is 11.8 Å². The molecule has 3 N–H and O–H groups in total. The van der Waals surface area contributed by atoms with Crippen LogP contribution in [0.4, 0.5) is 0 Å². The molecule has 5 rings (SSSR count). The predicted octanol–water partition coefficient (Wildman–Crippen LogP) is 4.68. The number of hydrogen-bond donors (Lipinski definition) is 3. The number of H-pyrrole nitrogens is 1. The second-order valence-electron chi connectivity index (χ2n) is 6.55. The molecule has 25 heavy (non-hydrogen) atoms. The Bertz CT molecular complexity index is 935. The van der Waals surface area contributed by atoms with Gasteiger partial charge in [0.1, 0.15) is 0 Å². The zero-order valence-electron chi connectivity index (χ0n) is 13.5. The van der Waals surface area contributed by atoms with Gasteiger partial charge in [-0.1, -0.05) is 72.8 Å². The summed E-state index contributed by atoms with van der Waals surface area (Å²) in [5, 5.41) is 20.5. The lowest BCUT2D eigenvalue weighted by atomic mass is 9.86. The first-order valence-corrected chi connectivity index (χ1v) is 8.42. The van der Waals surface area contributed by atoms with Crippen molar-refractivity contribution in [3.63, 3.8) is 0 Å². The molecule has 0 amide bonds. The molecule has 122 valence electrons. The molecule has 2 bridgehead atoms. The normalized spacial score (nSPS) is 20.1. The first-order valence-electron chi connectivity index (χ1n) is 8.42. The van der Waals surface area contributed by atoms with Crippen molar-refractivity contribution in [2.45, 2.75) is 11.8 Å². The van der Waals surface area contributed by atoms with Crippen molar-refractivity contribution in [1.29, 1.82) is 0 Å². The summed E-state index contributed by atoms with van der Waals surface area (Å²) < 4.78 is 0. The molecule has 0 aliphatic heterocycles. The summed E-state index contributed by atoms with van der Waals surface area (Å²) in [6.45, 7) is 0. The lowest BCUT2D eigenvalue weighted by molar-refractivity contribution is 0.420. The van der Waals surface area contributed by atoms with E-state index in [0.29, 0.717) is 0 Å². The van der Waals surface area contributed by atoms with E-state index in [4.69, 9.17) is 0 Å². The highest BCUT2D eigenvalue weighted by atomic mass is 16.3. The molecular weight excluding hydrogens is 310 g/mol. The van der Waals surface area contributed by atoms with Crippen molar-refractivity contribution >= 4 is 5.57 Å². The van der Waals surface area contributed by atoms with Crippen molar-refractivity contribution < 1.29 is 10.2 Å². The summed E-state index contributed by atoms with van der Waals surface area (Å²) in [6.07, 6.45) is 4.25. The number of aromatic amines is 1. The lowest BCUT2D eigenvalue weighted by Crippen LogP contribution is -1.99. The zero-order chi connectivity index (χ0) is 17.0. The highest BCUT2D eigenvalue weighted by Gasteiger charge is 2.44. The number of allylic oxidation sites excluding steroid dienone is 3. The molecule has 2 unspecified atom stereocenters. The van der Waals surface area contributed by atoms with Gasteiger partial charge in [-0.05, 0) is 22.3 Å². The van der Waals surface area contributed by atoms with E-state index >= 15 is 0 Å². The molecule has 0 fully saturated rings. The van der Waals surface area contributed by atoms with E-state index in [1.807, 2.05) is 36.4 Å². The van der Waals surface area contributed by atoms with Gasteiger partial charge in [-0.25, -0.2) is 0 Å². The van der Waals surface area contributed by atoms with Gasteiger partial charge in [0.2, 0.25) is 0 Å². The molecule has 0 saturated heterocycles. The van der Waals surface area contributed by atoms with Crippen molar-refractivity contribution in [3.05, 3.63) is 101 Å². The number of aromatic hydroxyl groups is 2. The average molecular weight is 327 g/mol. The van der Waals surface area contributed by atoms with E-state index < -0.39 is 0 Å². The maximum absolute atomic E-state index is 10.2. The van der Waals surface area contributed by atoms with Crippen LogP contribution in [-0.4, -0.2) is 15.2 Å². The fourth-order valence-corrected chi connectivity index (χ4v) is 4.28. The summed E-state index contributed by atoms with van der Waals surface area (Å²) in [4.78, 5) is 2.67. The van der Waals surface area contributed by atoms with Crippen molar-refractivity contribution in [2.75, 3.05) is 0 Å². The quantitative estimate of drug-likeness (QED) is 0.599. The topological polar surface area (TPSA) is 56.2 Å². The molecule has 3 aromatic rings. The van der Waals surface area contributed by atoms with Gasteiger partial charge in [0.05, 0.1) is 0 Å². The number of nitrogens with one attached hydrogen (secondary N) is 1. The van der Waals surface area contributed by atoms with Crippen molar-refractivity contribution in [3.8, 4) is 11.8 Å². The molecule has 1 heterocycles. The summed E-state index contributed by atoms with van der Waals surface area (Å²) in [6, 6.07) is 20.6. The SMILES string of the molecule is Oc1[nH]c(O)c2c1C1C=CC2C1=C(c1ccccc1)c1ccccc1. The molecule has 2 aliphatic carbocycles. The molecule has 0 radical (unpaired) electrons. The Morgan fingerprint density at radius 3 is 1.56 bits per heavy atom. The molecule has 2 aromatic carbocycles. The van der Waals surface area contributed by atoms with E-state index in [2.05, 4.69) is 41.4 Å². The molecule has 3 nitrogen and oxygen atoms in total. The first-order chi connectivity index (χ1) is 12.3. The van der Waals surface area contributed by atoms with Crippen LogP contribution < -0.4 is 0 Å². The number of rotatable bonds is 2. The maximum Gasteiger partial charge on any atom is 0.195 e. The third-order valence-corrected chi connectivity index (χ3v) is 5.24. The summed E-state index contributed by atoms with van der Waals surface area (Å²) in [5.41, 5.74) is 6.32. The van der Waals surface area contributed by atoms with Gasteiger partial charge in [-0.2, -0.15) is 0 Å². The van der Waals surface area contributed by atoms with Gasteiger partial charge >= 0.3 is 0 Å². The Hall–Kier alpha value is -3.20. The van der Waals surface area contributed by atoms with Gasteiger partial charge in [0.15, 0.2) is 11.8 Å². The van der Waals surface area contributed by atoms with Crippen molar-refractivity contribution in [2.24, 2.45) is 0 Å². The van der Waals surface area contributed by atoms with E-state index in [9.17, 15) is 10.2 Å². The number of benzene rings is 2. The monoisotopic (exact) mass is 327 g/mol. The summed E-state index contributed by atoms with van der Waals surface area (Å²) in [7, 11) is 0. The van der Waals surface area contributed by atoms with E-state index in [0.717, 1.165) is 22.3 Å². The Kier molecular flexibility index (Phi) is 2.92. The average Bonchev–Trinajstić information content (AvgIpc) is 3.29. The summed E-state index contributed by atoms with van der Waals surface area (Å²) >= 11 is 0. The maximum atomic E-state index is 10.2. The number of fused-ring (bicyclic) bond motifs is 5. The first kappa shape index (κ1) is 14.2. The molecular formula is C22H17NO2. The van der Waals surface area contributed by atoms with Crippen LogP contribution in [-0.2, 0) is 0 Å². The van der Waals surface area contributed by atoms with Gasteiger partial charge in [0, 0.05) is 23.0 Å². The van der Waals surface area contributed by atoms with Crippen LogP contribution in [0.25, 0.3) is 5.57 Å². The van der Waals surface area contributed by atoms with Crippen LogP contribution in [0.2, 0.25) is 0 Å². The van der Waals surface area contributed by atoms with Gasteiger partial charge in [-0.3, -0.25) is 4.98 Å². The molecule has 0 saturated carbocycles. The van der Waals surface area contributed by atoms with E-state index in [1.165, 1.54) is 11.1 Å². The molecule has 2 atom stereocenters. The largest absolute Gasteiger partial charge is 0.494 e. The number of aromatic nitrogens is 1. The Morgan fingerprint density at radius 2 is 1.12 bits per heavy atom. The van der Waals surface area contributed by atoms with Crippen LogP contribution in [0.1, 0.15) is 34.1 Å². The predicted molar refractivity (Wildman–Crippen MR) is 97.7 cm³/mol. The van der Waals surface area contributed by atoms with Crippen LogP contribution >= 0.6 is 0 Å². The lowest BCUT2D eigenvalue weighted by Gasteiger charge is -2.17. The highest BCUT2D eigenvalue weighted by Crippen LogP contribution is 2.60. The summed E-state index contributed by atoms with van der Waals surface area (Å²) in [5.74, 6) is 0.129. The van der Waals surface area contributed by atoms with Gasteiger partial charge < -0.3 is 10.2 Å². The second-order valence-corrected chi connectivity index (χ2v) is 6.55. The van der Waals surface area contributed by atoms with E-state index in [1.54, 1.807) is 0 Å². The second kappa shape index (κ2) is 5.15. The van der Waals surface area contributed by atoms with Crippen molar-refractivity contribution in [1.82, 2.24) is 4.98 Å². The van der Waals surface area contributed by atoms with Crippen LogP contribution in [0.15, 0.2) is 78.4 Å². The van der Waals surface area contributed by atoms with Gasteiger partial charge in [-0.15, -0.1) is 0 Å². The minimum Gasteiger partial charge on any atom is -0.494 e.